The number of halogens is 1. The van der Waals surface area contributed by atoms with Crippen LogP contribution in [-0.2, 0) is 0 Å². The molecule has 18 heavy (non-hydrogen) atoms. The Morgan fingerprint density at radius 1 is 0.944 bits per heavy atom. The van der Waals surface area contributed by atoms with Gasteiger partial charge in [-0.05, 0) is 18.2 Å². The molecule has 0 saturated heterocycles. The van der Waals surface area contributed by atoms with Crippen molar-refractivity contribution in [2.45, 2.75) is 13.1 Å². The molecule has 1 heterocycles. The second kappa shape index (κ2) is 5.28. The average Bonchev–Trinajstić information content (AvgIpc) is 2.64. The summed E-state index contributed by atoms with van der Waals surface area (Å²) in [5, 5.41) is 0. The summed E-state index contributed by atoms with van der Waals surface area (Å²) >= 11 is 0. The van der Waals surface area contributed by atoms with Crippen LogP contribution in [-0.4, -0.2) is 13.2 Å². The van der Waals surface area contributed by atoms with E-state index in [4.69, 9.17) is 0 Å². The fraction of sp³-hybridized carbons (Fsp3) is 0.200. The van der Waals surface area contributed by atoms with E-state index in [-0.39, 0.29) is 24.0 Å². The summed E-state index contributed by atoms with van der Waals surface area (Å²) in [5.41, 5.74) is 3.97. The molecule has 1 aliphatic heterocycles. The van der Waals surface area contributed by atoms with Crippen molar-refractivity contribution in [3.8, 4) is 0 Å². The summed E-state index contributed by atoms with van der Waals surface area (Å²) in [6, 6.07) is 19.2. The fourth-order valence-electron chi connectivity index (χ4n) is 2.60. The normalized spacial score (nSPS) is 21.3. The number of fused-ring (bicyclic) bond motifs is 1. The lowest BCUT2D eigenvalue weighted by Gasteiger charge is -2.23. The Labute approximate surface area is 125 Å². The van der Waals surface area contributed by atoms with Gasteiger partial charge >= 0.3 is 0 Å². The Morgan fingerprint density at radius 2 is 1.56 bits per heavy atom. The molecule has 0 amide bonds. The molecule has 2 aromatic carbocycles. The third-order valence-electron chi connectivity index (χ3n) is 3.64. The van der Waals surface area contributed by atoms with E-state index in [1.165, 1.54) is 22.0 Å². The maximum Gasteiger partial charge on any atom is 0.169 e. The summed E-state index contributed by atoms with van der Waals surface area (Å²) in [7, 11) is 2.23. The predicted molar refractivity (Wildman–Crippen MR) is 71.0 cm³/mol. The Balaban J connectivity index is 0.00000120. The smallest absolute Gasteiger partial charge is 0.169 e. The first-order chi connectivity index (χ1) is 8.29. The molecule has 0 aliphatic carbocycles. The Kier molecular flexibility index (Phi) is 3.92. The lowest BCUT2D eigenvalue weighted by atomic mass is 10.2. The highest BCUT2D eigenvalue weighted by atomic mass is 127. The summed E-state index contributed by atoms with van der Waals surface area (Å²) in [6.07, 6.45) is 0.440. The van der Waals surface area contributed by atoms with Crippen LogP contribution in [0.4, 0.5) is 17.1 Å². The number of benzene rings is 2. The first-order valence-corrected chi connectivity index (χ1v) is 6.06. The minimum atomic E-state index is 0. The summed E-state index contributed by atoms with van der Waals surface area (Å²) in [4.78, 5) is 3.86. The van der Waals surface area contributed by atoms with Crippen LogP contribution in [0.3, 0.4) is 0 Å². The van der Waals surface area contributed by atoms with Gasteiger partial charge in [0.2, 0.25) is 0 Å². The van der Waals surface area contributed by atoms with E-state index in [1.54, 1.807) is 0 Å². The summed E-state index contributed by atoms with van der Waals surface area (Å²) in [6.45, 7) is 2.27. The van der Waals surface area contributed by atoms with E-state index in [0.29, 0.717) is 6.17 Å². The van der Waals surface area contributed by atoms with Crippen LogP contribution in [0.5, 0.6) is 0 Å². The molecule has 0 saturated carbocycles. The Hall–Kier alpha value is -1.07. The van der Waals surface area contributed by atoms with Crippen LogP contribution >= 0.6 is 0 Å². The van der Waals surface area contributed by atoms with E-state index in [2.05, 4.69) is 73.5 Å². The molecule has 1 aliphatic rings. The van der Waals surface area contributed by atoms with Crippen LogP contribution in [0.25, 0.3) is 0 Å². The van der Waals surface area contributed by atoms with Crippen molar-refractivity contribution in [1.29, 1.82) is 0 Å². The van der Waals surface area contributed by atoms with E-state index in [0.717, 1.165) is 0 Å². The molecule has 0 radical (unpaired) electrons. The standard InChI is InChI=1S/C15H16N2.HI/c1-12-16(2)14-10-6-7-11-15(14)17(12)13-8-4-3-5-9-13;/h3-12H,1-2H3;1H. The zero-order chi connectivity index (χ0) is 11.8. The van der Waals surface area contributed by atoms with Crippen LogP contribution < -0.4 is 33.8 Å². The van der Waals surface area contributed by atoms with Crippen LogP contribution in [0.1, 0.15) is 6.92 Å². The highest BCUT2D eigenvalue weighted by Crippen LogP contribution is 2.34. The van der Waals surface area contributed by atoms with Crippen molar-refractivity contribution in [2.75, 3.05) is 11.9 Å². The van der Waals surface area contributed by atoms with Crippen molar-refractivity contribution >= 4 is 17.1 Å². The fourth-order valence-corrected chi connectivity index (χ4v) is 2.60. The van der Waals surface area contributed by atoms with Gasteiger partial charge in [-0.1, -0.05) is 30.3 Å². The molecule has 3 heteroatoms. The molecule has 2 atom stereocenters. The molecule has 2 aromatic rings. The number of para-hydroxylation sites is 3. The van der Waals surface area contributed by atoms with Gasteiger partial charge in [0.1, 0.15) is 5.69 Å². The Bertz CT molecular complexity index is 527. The van der Waals surface area contributed by atoms with Crippen LogP contribution in [0.15, 0.2) is 54.6 Å². The van der Waals surface area contributed by atoms with Gasteiger partial charge in [-0.25, -0.2) is 0 Å². The number of rotatable bonds is 1. The largest absolute Gasteiger partial charge is 1.00 e. The molecule has 1 N–H and O–H groups in total. The van der Waals surface area contributed by atoms with Gasteiger partial charge in [0.15, 0.2) is 11.9 Å². The number of anilines is 2. The molecular formula is C15H17IN2. The third kappa shape index (κ3) is 2.01. The van der Waals surface area contributed by atoms with Gasteiger partial charge < -0.3 is 24.0 Å². The molecule has 0 fully saturated rings. The van der Waals surface area contributed by atoms with Crippen molar-refractivity contribution < 1.29 is 28.9 Å². The van der Waals surface area contributed by atoms with Gasteiger partial charge in [0.25, 0.3) is 0 Å². The quantitative estimate of drug-likeness (QED) is 0.670. The molecule has 3 rings (SSSR count). The van der Waals surface area contributed by atoms with Crippen molar-refractivity contribution in [3.63, 3.8) is 0 Å². The molecule has 0 aromatic heterocycles. The second-order valence-electron chi connectivity index (χ2n) is 4.58. The lowest BCUT2D eigenvalue weighted by molar-refractivity contribution is -0.828. The second-order valence-corrected chi connectivity index (χ2v) is 4.58. The van der Waals surface area contributed by atoms with E-state index >= 15 is 0 Å². The van der Waals surface area contributed by atoms with Gasteiger partial charge in [0.05, 0.1) is 7.05 Å². The van der Waals surface area contributed by atoms with Crippen molar-refractivity contribution in [3.05, 3.63) is 54.6 Å². The molecule has 2 unspecified atom stereocenters. The van der Waals surface area contributed by atoms with Crippen molar-refractivity contribution in [1.82, 2.24) is 0 Å². The van der Waals surface area contributed by atoms with Gasteiger partial charge in [-0.2, -0.15) is 0 Å². The van der Waals surface area contributed by atoms with Crippen LogP contribution in [0.2, 0.25) is 0 Å². The van der Waals surface area contributed by atoms with Gasteiger partial charge in [-0.3, -0.25) is 9.80 Å². The van der Waals surface area contributed by atoms with Gasteiger partial charge in [-0.15, -0.1) is 0 Å². The Morgan fingerprint density at radius 3 is 2.28 bits per heavy atom. The minimum absolute atomic E-state index is 0. The van der Waals surface area contributed by atoms with E-state index in [9.17, 15) is 0 Å². The zero-order valence-corrected chi connectivity index (χ0v) is 12.8. The maximum absolute atomic E-state index is 2.41. The monoisotopic (exact) mass is 352 g/mol. The highest BCUT2D eigenvalue weighted by molar-refractivity contribution is 5.74. The predicted octanol–water partition coefficient (Wildman–Crippen LogP) is -0.665. The number of nitrogens with zero attached hydrogens (tertiary/aromatic N) is 1. The minimum Gasteiger partial charge on any atom is -1.00 e. The van der Waals surface area contributed by atoms with Gasteiger partial charge in [0, 0.05) is 18.7 Å². The zero-order valence-electron chi connectivity index (χ0n) is 10.6. The topological polar surface area (TPSA) is 7.68 Å². The van der Waals surface area contributed by atoms with Crippen molar-refractivity contribution in [2.24, 2.45) is 0 Å². The summed E-state index contributed by atoms with van der Waals surface area (Å²) < 4.78 is 0. The molecule has 2 nitrogen and oxygen atoms in total. The number of nitrogens with one attached hydrogen (secondary N) is 1. The molecular weight excluding hydrogens is 335 g/mol. The lowest BCUT2D eigenvalue weighted by Crippen LogP contribution is -3.07. The number of hydrogen-bond acceptors (Lipinski definition) is 1. The van der Waals surface area contributed by atoms with Crippen LogP contribution in [0, 0.1) is 0 Å². The maximum atomic E-state index is 2.41. The highest BCUT2D eigenvalue weighted by Gasteiger charge is 2.35. The average molecular weight is 352 g/mol. The first kappa shape index (κ1) is 13.4. The third-order valence-corrected chi connectivity index (χ3v) is 3.64. The SMILES string of the molecule is CC1N(c2ccccc2)c2ccccc2[NH+]1C.[I-]. The summed E-state index contributed by atoms with van der Waals surface area (Å²) in [5.74, 6) is 0. The van der Waals surface area contributed by atoms with E-state index in [1.807, 2.05) is 0 Å². The number of quaternary nitrogens is 1. The first-order valence-electron chi connectivity index (χ1n) is 6.06. The number of hydrogen-bond donors (Lipinski definition) is 1. The molecule has 94 valence electrons. The molecule has 0 spiro atoms. The molecule has 0 bridgehead atoms. The van der Waals surface area contributed by atoms with E-state index < -0.39 is 0 Å².